The SMILES string of the molecule is COCCOCCOCCC(=O)Nc1ccccc1C#N. The number of amides is 1. The van der Waals surface area contributed by atoms with E-state index in [-0.39, 0.29) is 12.3 Å². The molecular weight excluding hydrogens is 272 g/mol. The standard InChI is InChI=1S/C15H20N2O4/c1-19-8-9-21-11-10-20-7-6-15(18)17-14-5-3-2-4-13(14)12-16/h2-5H,6-11H2,1H3,(H,17,18). The van der Waals surface area contributed by atoms with Crippen LogP contribution in [0.1, 0.15) is 12.0 Å². The van der Waals surface area contributed by atoms with Gasteiger partial charge in [-0.15, -0.1) is 0 Å². The molecular formula is C15H20N2O4. The summed E-state index contributed by atoms with van der Waals surface area (Å²) in [6.45, 7) is 2.31. The molecule has 21 heavy (non-hydrogen) atoms. The molecule has 6 nitrogen and oxygen atoms in total. The molecule has 0 aromatic heterocycles. The van der Waals surface area contributed by atoms with Crippen LogP contribution in [0.5, 0.6) is 0 Å². The van der Waals surface area contributed by atoms with Crippen molar-refractivity contribution in [1.29, 1.82) is 5.26 Å². The summed E-state index contributed by atoms with van der Waals surface area (Å²) in [4.78, 5) is 11.7. The van der Waals surface area contributed by atoms with Crippen LogP contribution in [0.4, 0.5) is 5.69 Å². The summed E-state index contributed by atoms with van der Waals surface area (Å²) in [5.41, 5.74) is 0.964. The normalized spacial score (nSPS) is 10.1. The quantitative estimate of drug-likeness (QED) is 0.662. The Morgan fingerprint density at radius 1 is 1.14 bits per heavy atom. The van der Waals surface area contributed by atoms with Crippen LogP contribution in [0.25, 0.3) is 0 Å². The van der Waals surface area contributed by atoms with Crippen LogP contribution < -0.4 is 5.32 Å². The third-order valence-corrected chi connectivity index (χ3v) is 2.60. The highest BCUT2D eigenvalue weighted by atomic mass is 16.5. The zero-order valence-corrected chi connectivity index (χ0v) is 12.1. The van der Waals surface area contributed by atoms with Gasteiger partial charge in [0, 0.05) is 7.11 Å². The summed E-state index contributed by atoms with van der Waals surface area (Å²) in [5, 5.41) is 11.6. The molecule has 114 valence electrons. The first-order chi connectivity index (χ1) is 10.3. The lowest BCUT2D eigenvalue weighted by atomic mass is 10.2. The zero-order valence-electron chi connectivity index (χ0n) is 12.1. The summed E-state index contributed by atoms with van der Waals surface area (Å²) in [6, 6.07) is 8.90. The minimum atomic E-state index is -0.182. The predicted molar refractivity (Wildman–Crippen MR) is 77.9 cm³/mol. The highest BCUT2D eigenvalue weighted by Crippen LogP contribution is 2.13. The molecule has 0 aliphatic rings. The highest BCUT2D eigenvalue weighted by molar-refractivity contribution is 5.92. The molecule has 0 atom stereocenters. The second-order valence-corrected chi connectivity index (χ2v) is 4.17. The molecule has 0 aliphatic carbocycles. The largest absolute Gasteiger partial charge is 0.382 e. The van der Waals surface area contributed by atoms with Crippen molar-refractivity contribution in [1.82, 2.24) is 0 Å². The monoisotopic (exact) mass is 292 g/mol. The number of methoxy groups -OCH3 is 1. The Labute approximate surface area is 124 Å². The van der Waals surface area contributed by atoms with Crippen molar-refractivity contribution in [3.05, 3.63) is 29.8 Å². The van der Waals surface area contributed by atoms with E-state index in [2.05, 4.69) is 5.32 Å². The van der Waals surface area contributed by atoms with Crippen molar-refractivity contribution in [3.63, 3.8) is 0 Å². The molecule has 0 bridgehead atoms. The number of nitriles is 1. The van der Waals surface area contributed by atoms with Crippen LogP contribution in [-0.2, 0) is 19.0 Å². The van der Waals surface area contributed by atoms with Gasteiger partial charge in [0.05, 0.1) is 50.7 Å². The molecule has 0 spiro atoms. The molecule has 0 aliphatic heterocycles. The first-order valence-electron chi connectivity index (χ1n) is 6.71. The second kappa shape index (κ2) is 10.8. The Bertz CT molecular complexity index is 471. The minimum Gasteiger partial charge on any atom is -0.382 e. The number of ether oxygens (including phenoxy) is 3. The highest BCUT2D eigenvalue weighted by Gasteiger charge is 2.05. The maximum Gasteiger partial charge on any atom is 0.226 e. The fourth-order valence-electron chi connectivity index (χ4n) is 1.53. The van der Waals surface area contributed by atoms with Crippen molar-refractivity contribution in [2.75, 3.05) is 45.5 Å². The molecule has 0 radical (unpaired) electrons. The minimum absolute atomic E-state index is 0.182. The summed E-state index contributed by atoms with van der Waals surface area (Å²) >= 11 is 0. The van der Waals surface area contributed by atoms with Crippen LogP contribution in [0.2, 0.25) is 0 Å². The molecule has 0 heterocycles. The number of hydrogen-bond donors (Lipinski definition) is 1. The van der Waals surface area contributed by atoms with Crippen molar-refractivity contribution in [2.45, 2.75) is 6.42 Å². The van der Waals surface area contributed by atoms with Crippen LogP contribution >= 0.6 is 0 Å². The molecule has 1 rings (SSSR count). The van der Waals surface area contributed by atoms with Gasteiger partial charge in [0.25, 0.3) is 0 Å². The molecule has 6 heteroatoms. The van der Waals surface area contributed by atoms with Crippen molar-refractivity contribution < 1.29 is 19.0 Å². The van der Waals surface area contributed by atoms with Gasteiger partial charge in [-0.3, -0.25) is 4.79 Å². The van der Waals surface area contributed by atoms with Gasteiger partial charge in [0.2, 0.25) is 5.91 Å². The Morgan fingerprint density at radius 2 is 1.81 bits per heavy atom. The van der Waals surface area contributed by atoms with E-state index in [0.717, 1.165) is 0 Å². The van der Waals surface area contributed by atoms with E-state index in [1.807, 2.05) is 6.07 Å². The van der Waals surface area contributed by atoms with Gasteiger partial charge in [-0.25, -0.2) is 0 Å². The Kier molecular flexibility index (Phi) is 8.80. The average molecular weight is 292 g/mol. The first kappa shape index (κ1) is 17.1. The van der Waals surface area contributed by atoms with E-state index in [1.54, 1.807) is 31.4 Å². The lowest BCUT2D eigenvalue weighted by Crippen LogP contribution is -2.16. The van der Waals surface area contributed by atoms with E-state index in [1.165, 1.54) is 0 Å². The third-order valence-electron chi connectivity index (χ3n) is 2.60. The van der Waals surface area contributed by atoms with Crippen LogP contribution in [0.15, 0.2) is 24.3 Å². The Morgan fingerprint density at radius 3 is 2.52 bits per heavy atom. The summed E-state index contributed by atoms with van der Waals surface area (Å²) in [5.74, 6) is -0.182. The molecule has 1 aromatic carbocycles. The van der Waals surface area contributed by atoms with Gasteiger partial charge in [-0.1, -0.05) is 12.1 Å². The summed E-state index contributed by atoms with van der Waals surface area (Å²) in [7, 11) is 1.61. The lowest BCUT2D eigenvalue weighted by molar-refractivity contribution is -0.117. The van der Waals surface area contributed by atoms with Crippen LogP contribution in [0.3, 0.4) is 0 Å². The van der Waals surface area contributed by atoms with Gasteiger partial charge in [-0.2, -0.15) is 5.26 Å². The number of rotatable bonds is 10. The smallest absolute Gasteiger partial charge is 0.226 e. The molecule has 1 N–H and O–H groups in total. The van der Waals surface area contributed by atoms with Crippen molar-refractivity contribution >= 4 is 11.6 Å². The fraction of sp³-hybridized carbons (Fsp3) is 0.467. The first-order valence-corrected chi connectivity index (χ1v) is 6.71. The topological polar surface area (TPSA) is 80.6 Å². The zero-order chi connectivity index (χ0) is 15.3. The van der Waals surface area contributed by atoms with E-state index in [4.69, 9.17) is 19.5 Å². The molecule has 1 aromatic rings. The Balaban J connectivity index is 2.13. The second-order valence-electron chi connectivity index (χ2n) is 4.17. The third kappa shape index (κ3) is 7.42. The molecule has 0 saturated heterocycles. The number of hydrogen-bond acceptors (Lipinski definition) is 5. The van der Waals surface area contributed by atoms with Crippen molar-refractivity contribution in [3.8, 4) is 6.07 Å². The number of carbonyl (C=O) groups excluding carboxylic acids is 1. The van der Waals surface area contributed by atoms with Gasteiger partial charge in [0.1, 0.15) is 6.07 Å². The summed E-state index contributed by atoms with van der Waals surface area (Å²) in [6.07, 6.45) is 0.234. The van der Waals surface area contributed by atoms with Crippen LogP contribution in [0, 0.1) is 11.3 Å². The number of carbonyl (C=O) groups is 1. The molecule has 0 fully saturated rings. The van der Waals surface area contributed by atoms with E-state index in [0.29, 0.717) is 44.3 Å². The fourth-order valence-corrected chi connectivity index (χ4v) is 1.53. The number of benzene rings is 1. The maximum absolute atomic E-state index is 11.7. The van der Waals surface area contributed by atoms with Gasteiger partial charge in [-0.05, 0) is 12.1 Å². The number of para-hydroxylation sites is 1. The molecule has 0 saturated carbocycles. The predicted octanol–water partition coefficient (Wildman–Crippen LogP) is 1.57. The van der Waals surface area contributed by atoms with Gasteiger partial charge < -0.3 is 19.5 Å². The maximum atomic E-state index is 11.7. The van der Waals surface area contributed by atoms with E-state index in [9.17, 15) is 4.79 Å². The van der Waals surface area contributed by atoms with Crippen LogP contribution in [-0.4, -0.2) is 46.1 Å². The van der Waals surface area contributed by atoms with Gasteiger partial charge in [0.15, 0.2) is 0 Å². The lowest BCUT2D eigenvalue weighted by Gasteiger charge is -2.07. The van der Waals surface area contributed by atoms with Gasteiger partial charge >= 0.3 is 0 Å². The van der Waals surface area contributed by atoms with Crippen molar-refractivity contribution in [2.24, 2.45) is 0 Å². The number of nitrogens with zero attached hydrogens (tertiary/aromatic N) is 1. The molecule has 1 amide bonds. The summed E-state index contributed by atoms with van der Waals surface area (Å²) < 4.78 is 15.3. The number of anilines is 1. The number of nitrogens with one attached hydrogen (secondary N) is 1. The van der Waals surface area contributed by atoms with E-state index < -0.39 is 0 Å². The van der Waals surface area contributed by atoms with E-state index >= 15 is 0 Å². The molecule has 0 unspecified atom stereocenters. The Hall–Kier alpha value is -1.94. The average Bonchev–Trinajstić information content (AvgIpc) is 2.50.